The van der Waals surface area contributed by atoms with E-state index in [2.05, 4.69) is 10.0 Å². The highest BCUT2D eigenvalue weighted by atomic mass is 32.2. The molecule has 0 aliphatic carbocycles. The molecule has 1 heterocycles. The molecule has 2 N–H and O–H groups in total. The van der Waals surface area contributed by atoms with Crippen molar-refractivity contribution in [2.45, 2.75) is 32.9 Å². The SMILES string of the molecule is Cc1ccoc1[C@H](C)N[C@@H](C)c1cccc(NS(C)(=O)=O)c1. The van der Waals surface area contributed by atoms with Crippen LogP contribution in [0.2, 0.25) is 0 Å². The van der Waals surface area contributed by atoms with Gasteiger partial charge < -0.3 is 9.73 Å². The molecular weight excluding hydrogens is 300 g/mol. The first-order chi connectivity index (χ1) is 10.3. The van der Waals surface area contributed by atoms with Gasteiger partial charge in [-0.05, 0) is 50.1 Å². The summed E-state index contributed by atoms with van der Waals surface area (Å²) < 4.78 is 30.6. The molecule has 120 valence electrons. The van der Waals surface area contributed by atoms with Gasteiger partial charge in [0.05, 0.1) is 18.6 Å². The summed E-state index contributed by atoms with van der Waals surface area (Å²) in [4.78, 5) is 0. The van der Waals surface area contributed by atoms with Gasteiger partial charge in [0, 0.05) is 11.7 Å². The number of hydrogen-bond acceptors (Lipinski definition) is 4. The molecule has 22 heavy (non-hydrogen) atoms. The number of sulfonamides is 1. The van der Waals surface area contributed by atoms with Crippen molar-refractivity contribution < 1.29 is 12.8 Å². The number of aryl methyl sites for hydroxylation is 1. The highest BCUT2D eigenvalue weighted by Crippen LogP contribution is 2.24. The first kappa shape index (κ1) is 16.6. The Kier molecular flexibility index (Phi) is 4.93. The number of benzene rings is 1. The quantitative estimate of drug-likeness (QED) is 0.855. The third kappa shape index (κ3) is 4.35. The van der Waals surface area contributed by atoms with E-state index in [4.69, 9.17) is 4.42 Å². The highest BCUT2D eigenvalue weighted by Gasteiger charge is 2.16. The molecule has 1 aromatic carbocycles. The lowest BCUT2D eigenvalue weighted by Crippen LogP contribution is -2.22. The minimum atomic E-state index is -3.27. The van der Waals surface area contributed by atoms with Crippen molar-refractivity contribution in [1.82, 2.24) is 5.32 Å². The molecule has 0 spiro atoms. The van der Waals surface area contributed by atoms with Crippen molar-refractivity contribution >= 4 is 15.7 Å². The lowest BCUT2D eigenvalue weighted by Gasteiger charge is -2.20. The fourth-order valence-electron chi connectivity index (χ4n) is 2.46. The van der Waals surface area contributed by atoms with Gasteiger partial charge in [-0.1, -0.05) is 12.1 Å². The van der Waals surface area contributed by atoms with E-state index in [9.17, 15) is 8.42 Å². The minimum Gasteiger partial charge on any atom is -0.467 e. The lowest BCUT2D eigenvalue weighted by atomic mass is 10.1. The molecule has 0 bridgehead atoms. The van der Waals surface area contributed by atoms with Gasteiger partial charge in [-0.2, -0.15) is 0 Å². The van der Waals surface area contributed by atoms with E-state index in [1.807, 2.05) is 45.0 Å². The van der Waals surface area contributed by atoms with Crippen LogP contribution in [0.5, 0.6) is 0 Å². The molecule has 0 amide bonds. The molecule has 6 heteroatoms. The average Bonchev–Trinajstić information content (AvgIpc) is 2.83. The molecule has 0 unspecified atom stereocenters. The molecule has 0 aliphatic heterocycles. The first-order valence-electron chi connectivity index (χ1n) is 7.14. The van der Waals surface area contributed by atoms with Crippen molar-refractivity contribution in [3.63, 3.8) is 0 Å². The molecule has 0 radical (unpaired) electrons. The van der Waals surface area contributed by atoms with E-state index in [-0.39, 0.29) is 12.1 Å². The summed E-state index contributed by atoms with van der Waals surface area (Å²) in [5.41, 5.74) is 2.68. The zero-order valence-corrected chi connectivity index (χ0v) is 14.1. The Morgan fingerprint density at radius 2 is 1.86 bits per heavy atom. The van der Waals surface area contributed by atoms with Crippen molar-refractivity contribution in [2.24, 2.45) is 0 Å². The maximum Gasteiger partial charge on any atom is 0.229 e. The Morgan fingerprint density at radius 1 is 1.14 bits per heavy atom. The van der Waals surface area contributed by atoms with Gasteiger partial charge in [-0.25, -0.2) is 8.42 Å². The molecule has 0 aliphatic rings. The summed E-state index contributed by atoms with van der Waals surface area (Å²) in [6, 6.07) is 9.43. The Labute approximate surface area is 131 Å². The van der Waals surface area contributed by atoms with Crippen LogP contribution in [0.1, 0.15) is 42.8 Å². The number of rotatable bonds is 6. The van der Waals surface area contributed by atoms with Crippen LogP contribution in [-0.2, 0) is 10.0 Å². The van der Waals surface area contributed by atoms with E-state index in [0.717, 1.165) is 23.1 Å². The van der Waals surface area contributed by atoms with Gasteiger partial charge in [-0.15, -0.1) is 0 Å². The molecular formula is C16H22N2O3S. The van der Waals surface area contributed by atoms with E-state index in [0.29, 0.717) is 5.69 Å². The van der Waals surface area contributed by atoms with Gasteiger partial charge in [-0.3, -0.25) is 4.72 Å². The van der Waals surface area contributed by atoms with Crippen molar-refractivity contribution in [2.75, 3.05) is 11.0 Å². The van der Waals surface area contributed by atoms with Crippen molar-refractivity contribution in [1.29, 1.82) is 0 Å². The summed E-state index contributed by atoms with van der Waals surface area (Å²) in [6.07, 6.45) is 2.83. The Balaban J connectivity index is 2.11. The van der Waals surface area contributed by atoms with E-state index >= 15 is 0 Å². The minimum absolute atomic E-state index is 0.0563. The van der Waals surface area contributed by atoms with E-state index in [1.165, 1.54) is 0 Å². The van der Waals surface area contributed by atoms with Crippen LogP contribution in [0.25, 0.3) is 0 Å². The second kappa shape index (κ2) is 6.54. The maximum atomic E-state index is 11.3. The fourth-order valence-corrected chi connectivity index (χ4v) is 3.02. The first-order valence-corrected chi connectivity index (χ1v) is 9.03. The Bertz CT molecular complexity index is 737. The van der Waals surface area contributed by atoms with Gasteiger partial charge in [0.2, 0.25) is 10.0 Å². The topological polar surface area (TPSA) is 71.3 Å². The summed E-state index contributed by atoms with van der Waals surface area (Å²) in [7, 11) is -3.27. The van der Waals surface area contributed by atoms with Crippen LogP contribution in [-0.4, -0.2) is 14.7 Å². The number of nitrogens with one attached hydrogen (secondary N) is 2. The van der Waals surface area contributed by atoms with Gasteiger partial charge in [0.1, 0.15) is 5.76 Å². The van der Waals surface area contributed by atoms with Crippen LogP contribution in [0, 0.1) is 6.92 Å². The van der Waals surface area contributed by atoms with Crippen molar-refractivity contribution in [3.05, 3.63) is 53.5 Å². The van der Waals surface area contributed by atoms with Gasteiger partial charge in [0.25, 0.3) is 0 Å². The summed E-state index contributed by atoms with van der Waals surface area (Å²) >= 11 is 0. The summed E-state index contributed by atoms with van der Waals surface area (Å²) in [5, 5.41) is 3.46. The summed E-state index contributed by atoms with van der Waals surface area (Å²) in [6.45, 7) is 6.09. The molecule has 2 aromatic rings. The molecule has 1 aromatic heterocycles. The monoisotopic (exact) mass is 322 g/mol. The Hall–Kier alpha value is -1.79. The second-order valence-electron chi connectivity index (χ2n) is 5.58. The summed E-state index contributed by atoms with van der Waals surface area (Å²) in [5.74, 6) is 0.914. The predicted molar refractivity (Wildman–Crippen MR) is 88.3 cm³/mol. The zero-order chi connectivity index (χ0) is 16.3. The number of hydrogen-bond donors (Lipinski definition) is 2. The molecule has 2 atom stereocenters. The Morgan fingerprint density at radius 3 is 2.45 bits per heavy atom. The highest BCUT2D eigenvalue weighted by molar-refractivity contribution is 7.92. The second-order valence-corrected chi connectivity index (χ2v) is 7.33. The van der Waals surface area contributed by atoms with Crippen LogP contribution < -0.4 is 10.0 Å². The van der Waals surface area contributed by atoms with Gasteiger partial charge in [0.15, 0.2) is 0 Å². The van der Waals surface area contributed by atoms with Crippen LogP contribution >= 0.6 is 0 Å². The molecule has 5 nitrogen and oxygen atoms in total. The normalized spacial score (nSPS) is 14.5. The molecule has 0 fully saturated rings. The molecule has 0 saturated heterocycles. The van der Waals surface area contributed by atoms with Crippen LogP contribution in [0.4, 0.5) is 5.69 Å². The fraction of sp³-hybridized carbons (Fsp3) is 0.375. The number of anilines is 1. The molecule has 2 rings (SSSR count). The third-order valence-electron chi connectivity index (χ3n) is 3.48. The van der Waals surface area contributed by atoms with E-state index < -0.39 is 10.0 Å². The lowest BCUT2D eigenvalue weighted by molar-refractivity contribution is 0.400. The smallest absolute Gasteiger partial charge is 0.229 e. The number of furan rings is 1. The predicted octanol–water partition coefficient (Wildman–Crippen LogP) is 3.37. The third-order valence-corrected chi connectivity index (χ3v) is 4.09. The van der Waals surface area contributed by atoms with Gasteiger partial charge >= 0.3 is 0 Å². The zero-order valence-electron chi connectivity index (χ0n) is 13.3. The maximum absolute atomic E-state index is 11.3. The average molecular weight is 322 g/mol. The standard InChI is InChI=1S/C16H22N2O3S/c1-11-8-9-21-16(11)13(3)17-12(2)14-6-5-7-15(10-14)18-22(4,19)20/h5-10,12-13,17-18H,1-4H3/t12-,13-/m0/s1. The van der Waals surface area contributed by atoms with Crippen molar-refractivity contribution in [3.8, 4) is 0 Å². The molecule has 0 saturated carbocycles. The largest absolute Gasteiger partial charge is 0.467 e. The van der Waals surface area contributed by atoms with Crippen LogP contribution in [0.3, 0.4) is 0 Å². The van der Waals surface area contributed by atoms with E-state index in [1.54, 1.807) is 12.3 Å². The van der Waals surface area contributed by atoms with Crippen LogP contribution in [0.15, 0.2) is 41.0 Å².